The minimum atomic E-state index is -0.354. The van der Waals surface area contributed by atoms with Gasteiger partial charge in [0.15, 0.2) is 6.54 Å². The van der Waals surface area contributed by atoms with Crippen LogP contribution in [0.25, 0.3) is 0 Å². The number of hydrogen-bond acceptors (Lipinski definition) is 3. The van der Waals surface area contributed by atoms with E-state index in [4.69, 9.17) is 4.74 Å². The van der Waals surface area contributed by atoms with Crippen LogP contribution in [-0.4, -0.2) is 32.6 Å². The number of carbonyl (C=O) groups is 2. The molecule has 0 fully saturated rings. The van der Waals surface area contributed by atoms with Crippen molar-refractivity contribution in [1.82, 2.24) is 0 Å². The minimum Gasteiger partial charge on any atom is -0.465 e. The van der Waals surface area contributed by atoms with E-state index in [0.717, 1.165) is 27.3 Å². The fraction of sp³-hybridized carbons (Fsp3) is 0.300. The molecule has 0 aromatic heterocycles. The van der Waals surface area contributed by atoms with Crippen LogP contribution in [-0.2, 0) is 16.1 Å². The predicted molar refractivity (Wildman–Crippen MR) is 97.8 cm³/mol. The topological polar surface area (TPSA) is 59.8 Å². The quantitative estimate of drug-likeness (QED) is 0.787. The molecule has 0 saturated heterocycles. The van der Waals surface area contributed by atoms with Gasteiger partial charge in [-0.3, -0.25) is 4.79 Å². The van der Waals surface area contributed by atoms with Gasteiger partial charge in [-0.25, -0.2) is 4.79 Å². The van der Waals surface area contributed by atoms with Gasteiger partial charge >= 0.3 is 5.97 Å². The second kappa shape index (κ2) is 8.44. The number of quaternary nitrogens is 1. The highest BCUT2D eigenvalue weighted by Gasteiger charge is 2.13. The van der Waals surface area contributed by atoms with E-state index in [-0.39, 0.29) is 11.9 Å². The predicted octanol–water partition coefficient (Wildman–Crippen LogP) is 1.74. The molecule has 25 heavy (non-hydrogen) atoms. The van der Waals surface area contributed by atoms with E-state index < -0.39 is 0 Å². The lowest BCUT2D eigenvalue weighted by atomic mass is 10.1. The van der Waals surface area contributed by atoms with Gasteiger partial charge in [0.1, 0.15) is 6.54 Å². The van der Waals surface area contributed by atoms with Gasteiger partial charge in [0.05, 0.1) is 19.7 Å². The Balaban J connectivity index is 1.95. The van der Waals surface area contributed by atoms with Crippen molar-refractivity contribution >= 4 is 17.6 Å². The molecule has 1 unspecified atom stereocenters. The molecule has 0 saturated carbocycles. The van der Waals surface area contributed by atoms with Gasteiger partial charge in [-0.05, 0) is 43.2 Å². The number of benzene rings is 2. The van der Waals surface area contributed by atoms with E-state index in [1.54, 1.807) is 12.1 Å². The molecule has 2 rings (SSSR count). The number of anilines is 1. The Morgan fingerprint density at radius 1 is 1.12 bits per heavy atom. The summed E-state index contributed by atoms with van der Waals surface area (Å²) in [6.07, 6.45) is 0. The lowest BCUT2D eigenvalue weighted by Crippen LogP contribution is -3.08. The Morgan fingerprint density at radius 3 is 2.56 bits per heavy atom. The Morgan fingerprint density at radius 2 is 1.84 bits per heavy atom. The van der Waals surface area contributed by atoms with E-state index in [1.165, 1.54) is 7.11 Å². The highest BCUT2D eigenvalue weighted by atomic mass is 16.5. The summed E-state index contributed by atoms with van der Waals surface area (Å²) in [4.78, 5) is 24.9. The van der Waals surface area contributed by atoms with E-state index >= 15 is 0 Å². The molecular weight excluding hydrogens is 316 g/mol. The average Bonchev–Trinajstić information content (AvgIpc) is 2.58. The highest BCUT2D eigenvalue weighted by molar-refractivity contribution is 5.92. The van der Waals surface area contributed by atoms with Crippen LogP contribution in [0.3, 0.4) is 0 Å². The van der Waals surface area contributed by atoms with Crippen LogP contribution in [0.2, 0.25) is 0 Å². The number of hydrogen-bond donors (Lipinski definition) is 2. The van der Waals surface area contributed by atoms with E-state index in [1.807, 2.05) is 51.2 Å². The summed E-state index contributed by atoms with van der Waals surface area (Å²) in [5, 5.41) is 2.97. The Hall–Kier alpha value is -2.66. The minimum absolute atomic E-state index is 0.0321. The van der Waals surface area contributed by atoms with Crippen LogP contribution in [0.15, 0.2) is 42.5 Å². The van der Waals surface area contributed by atoms with Crippen LogP contribution >= 0.6 is 0 Å². The maximum atomic E-state index is 12.3. The zero-order valence-electron chi connectivity index (χ0n) is 15.2. The van der Waals surface area contributed by atoms with Gasteiger partial charge in [0.25, 0.3) is 5.91 Å². The number of methoxy groups -OCH3 is 1. The molecule has 1 amide bonds. The second-order valence-electron chi connectivity index (χ2n) is 6.30. The second-order valence-corrected chi connectivity index (χ2v) is 6.30. The molecule has 0 aliphatic rings. The Labute approximate surface area is 148 Å². The van der Waals surface area contributed by atoms with Crippen molar-refractivity contribution < 1.29 is 19.2 Å². The van der Waals surface area contributed by atoms with E-state index in [0.29, 0.717) is 18.7 Å². The van der Waals surface area contributed by atoms with Crippen molar-refractivity contribution in [2.24, 2.45) is 0 Å². The smallest absolute Gasteiger partial charge is 0.337 e. The maximum Gasteiger partial charge on any atom is 0.337 e. The fourth-order valence-corrected chi connectivity index (χ4v) is 2.69. The van der Waals surface area contributed by atoms with Gasteiger partial charge in [0.2, 0.25) is 0 Å². The third kappa shape index (κ3) is 5.16. The number of ether oxygens (including phenoxy) is 1. The number of carbonyl (C=O) groups excluding carboxylic acids is 2. The lowest BCUT2D eigenvalue weighted by molar-refractivity contribution is -0.885. The summed E-state index contributed by atoms with van der Waals surface area (Å²) in [5.74, 6) is -0.387. The summed E-state index contributed by atoms with van der Waals surface area (Å²) in [6, 6.07) is 13.2. The first-order valence-electron chi connectivity index (χ1n) is 8.25. The summed E-state index contributed by atoms with van der Waals surface area (Å²) in [5.41, 5.74) is 4.59. The average molecular weight is 341 g/mol. The van der Waals surface area contributed by atoms with Crippen LogP contribution in [0.1, 0.15) is 27.0 Å². The van der Waals surface area contributed by atoms with E-state index in [9.17, 15) is 9.59 Å². The molecule has 1 atom stereocenters. The van der Waals surface area contributed by atoms with Crippen molar-refractivity contribution in [2.45, 2.75) is 20.4 Å². The molecule has 2 aromatic rings. The molecule has 2 N–H and O–H groups in total. The number of aryl methyl sites for hydroxylation is 1. The van der Waals surface area contributed by atoms with Crippen molar-refractivity contribution in [3.05, 3.63) is 64.7 Å². The lowest BCUT2D eigenvalue weighted by Gasteiger charge is -2.15. The van der Waals surface area contributed by atoms with Crippen molar-refractivity contribution in [3.63, 3.8) is 0 Å². The summed E-state index contributed by atoms with van der Waals surface area (Å²) >= 11 is 0. The molecule has 2 aromatic carbocycles. The number of nitrogens with one attached hydrogen (secondary N) is 2. The summed E-state index contributed by atoms with van der Waals surface area (Å²) in [7, 11) is 3.32. The monoisotopic (exact) mass is 341 g/mol. The highest BCUT2D eigenvalue weighted by Crippen LogP contribution is 2.17. The molecule has 0 aliphatic carbocycles. The first-order chi connectivity index (χ1) is 11.9. The van der Waals surface area contributed by atoms with E-state index in [2.05, 4.69) is 5.32 Å². The molecule has 132 valence electrons. The molecule has 0 bridgehead atoms. The molecule has 0 heterocycles. The number of esters is 1. The van der Waals surface area contributed by atoms with Gasteiger partial charge < -0.3 is 15.0 Å². The standard InChI is InChI=1S/C20H24N2O3/c1-14-7-5-10-18(15(14)2)21-19(23)13-22(3)12-16-8-6-9-17(11-16)20(24)25-4/h5-11H,12-13H2,1-4H3,(H,21,23)/p+1. The number of rotatable bonds is 6. The van der Waals surface area contributed by atoms with Crippen LogP contribution < -0.4 is 10.2 Å². The third-order valence-corrected chi connectivity index (χ3v) is 4.20. The van der Waals surface area contributed by atoms with Gasteiger partial charge in [-0.2, -0.15) is 0 Å². The molecule has 5 heteroatoms. The summed E-state index contributed by atoms with van der Waals surface area (Å²) in [6.45, 7) is 5.01. The van der Waals surface area contributed by atoms with Crippen LogP contribution in [0.4, 0.5) is 5.69 Å². The molecule has 0 aliphatic heterocycles. The fourth-order valence-electron chi connectivity index (χ4n) is 2.69. The zero-order chi connectivity index (χ0) is 18.4. The normalized spacial score (nSPS) is 11.7. The van der Waals surface area contributed by atoms with Gasteiger partial charge in [-0.15, -0.1) is 0 Å². The van der Waals surface area contributed by atoms with Gasteiger partial charge in [-0.1, -0.05) is 24.3 Å². The largest absolute Gasteiger partial charge is 0.465 e. The first-order valence-corrected chi connectivity index (χ1v) is 8.25. The molecule has 0 radical (unpaired) electrons. The Bertz CT molecular complexity index is 771. The van der Waals surface area contributed by atoms with Crippen molar-refractivity contribution in [1.29, 1.82) is 0 Å². The zero-order valence-corrected chi connectivity index (χ0v) is 15.2. The molecular formula is C20H25N2O3+. The Kier molecular flexibility index (Phi) is 6.31. The van der Waals surface area contributed by atoms with Gasteiger partial charge in [0, 0.05) is 11.3 Å². The van der Waals surface area contributed by atoms with Crippen molar-refractivity contribution in [3.8, 4) is 0 Å². The molecule has 5 nitrogen and oxygen atoms in total. The SMILES string of the molecule is COC(=O)c1cccc(C[NH+](C)CC(=O)Nc2cccc(C)c2C)c1. The third-order valence-electron chi connectivity index (χ3n) is 4.20. The first kappa shape index (κ1) is 18.7. The van der Waals surface area contributed by atoms with Crippen LogP contribution in [0, 0.1) is 13.8 Å². The van der Waals surface area contributed by atoms with Crippen molar-refractivity contribution in [2.75, 3.05) is 26.0 Å². The van der Waals surface area contributed by atoms with Crippen LogP contribution in [0.5, 0.6) is 0 Å². The molecule has 0 spiro atoms. The maximum absolute atomic E-state index is 12.3. The summed E-state index contributed by atoms with van der Waals surface area (Å²) < 4.78 is 4.74. The number of likely N-dealkylation sites (N-methyl/N-ethyl adjacent to an activating group) is 1. The number of amides is 1.